The number of morpholine rings is 1. The Balaban J connectivity index is 1.79. The molecule has 0 aromatic carbocycles. The lowest BCUT2D eigenvalue weighted by Crippen LogP contribution is -2.50. The molecule has 3 heterocycles. The molecule has 3 rings (SSSR count). The van der Waals surface area contributed by atoms with Gasteiger partial charge in [0.2, 0.25) is 5.91 Å². The molecule has 21 heavy (non-hydrogen) atoms. The van der Waals surface area contributed by atoms with Crippen molar-refractivity contribution in [2.75, 3.05) is 37.7 Å². The maximum Gasteiger partial charge on any atom is 0.245 e. The molecule has 2 fully saturated rings. The molecule has 0 bridgehead atoms. The first-order chi connectivity index (χ1) is 10.1. The molecular formula is C15H22N4O2. The van der Waals surface area contributed by atoms with Crippen LogP contribution in [-0.4, -0.2) is 59.7 Å². The zero-order valence-electron chi connectivity index (χ0n) is 12.7. The van der Waals surface area contributed by atoms with Gasteiger partial charge in [-0.1, -0.05) is 0 Å². The van der Waals surface area contributed by atoms with Crippen LogP contribution < -0.4 is 4.90 Å². The van der Waals surface area contributed by atoms with Gasteiger partial charge in [-0.25, -0.2) is 9.97 Å². The molecule has 0 spiro atoms. The van der Waals surface area contributed by atoms with Crippen LogP contribution in [0.15, 0.2) is 6.07 Å². The lowest BCUT2D eigenvalue weighted by Gasteiger charge is -2.33. The summed E-state index contributed by atoms with van der Waals surface area (Å²) in [5.74, 6) is 1.85. The van der Waals surface area contributed by atoms with Gasteiger partial charge in [-0.15, -0.1) is 0 Å². The van der Waals surface area contributed by atoms with E-state index in [0.29, 0.717) is 26.3 Å². The zero-order valence-corrected chi connectivity index (χ0v) is 12.7. The molecule has 0 radical (unpaired) electrons. The van der Waals surface area contributed by atoms with Crippen molar-refractivity contribution >= 4 is 11.7 Å². The lowest BCUT2D eigenvalue weighted by atomic mass is 10.2. The molecule has 1 unspecified atom stereocenters. The van der Waals surface area contributed by atoms with E-state index >= 15 is 0 Å². The van der Waals surface area contributed by atoms with Crippen LogP contribution >= 0.6 is 0 Å². The number of aryl methyl sites for hydroxylation is 2. The number of amides is 1. The van der Waals surface area contributed by atoms with Gasteiger partial charge in [0, 0.05) is 31.4 Å². The zero-order chi connectivity index (χ0) is 14.8. The van der Waals surface area contributed by atoms with E-state index in [1.54, 1.807) is 0 Å². The van der Waals surface area contributed by atoms with Crippen LogP contribution in [0.2, 0.25) is 0 Å². The van der Waals surface area contributed by atoms with Crippen molar-refractivity contribution < 1.29 is 9.53 Å². The fraction of sp³-hybridized carbons (Fsp3) is 0.667. The third kappa shape index (κ3) is 3.00. The number of aromatic nitrogens is 2. The molecule has 6 heteroatoms. The Kier molecular flexibility index (Phi) is 4.05. The summed E-state index contributed by atoms with van der Waals surface area (Å²) in [7, 11) is 0. The maximum absolute atomic E-state index is 12.7. The number of carbonyl (C=O) groups excluding carboxylic acids is 1. The normalized spacial score (nSPS) is 22.7. The fourth-order valence-electron chi connectivity index (χ4n) is 3.14. The third-order valence-corrected chi connectivity index (χ3v) is 4.11. The Bertz CT molecular complexity index is 508. The number of hydrogen-bond acceptors (Lipinski definition) is 5. The molecule has 1 atom stereocenters. The monoisotopic (exact) mass is 290 g/mol. The van der Waals surface area contributed by atoms with E-state index in [9.17, 15) is 4.79 Å². The second-order valence-electron chi connectivity index (χ2n) is 5.70. The number of anilines is 1. The van der Waals surface area contributed by atoms with Crippen molar-refractivity contribution in [1.29, 1.82) is 0 Å². The van der Waals surface area contributed by atoms with E-state index in [0.717, 1.165) is 36.7 Å². The summed E-state index contributed by atoms with van der Waals surface area (Å²) in [5.41, 5.74) is 0.946. The lowest BCUT2D eigenvalue weighted by molar-refractivity contribution is -0.136. The van der Waals surface area contributed by atoms with Crippen LogP contribution in [0.1, 0.15) is 24.4 Å². The van der Waals surface area contributed by atoms with Gasteiger partial charge in [0.05, 0.1) is 13.2 Å². The summed E-state index contributed by atoms with van der Waals surface area (Å²) in [6, 6.07) is 1.88. The summed E-state index contributed by atoms with van der Waals surface area (Å²) < 4.78 is 5.33. The molecule has 2 aliphatic rings. The van der Waals surface area contributed by atoms with Crippen molar-refractivity contribution in [3.8, 4) is 0 Å². The predicted molar refractivity (Wildman–Crippen MR) is 79.3 cm³/mol. The summed E-state index contributed by atoms with van der Waals surface area (Å²) in [6.45, 7) is 7.43. The Morgan fingerprint density at radius 3 is 2.71 bits per heavy atom. The second-order valence-corrected chi connectivity index (χ2v) is 5.70. The molecule has 0 N–H and O–H groups in total. The number of nitrogens with zero attached hydrogens (tertiary/aromatic N) is 4. The van der Waals surface area contributed by atoms with E-state index in [4.69, 9.17) is 4.74 Å². The molecule has 1 aromatic heterocycles. The molecule has 114 valence electrons. The topological polar surface area (TPSA) is 58.6 Å². The summed E-state index contributed by atoms with van der Waals surface area (Å²) in [4.78, 5) is 25.6. The van der Waals surface area contributed by atoms with Gasteiger partial charge in [0.1, 0.15) is 17.7 Å². The molecule has 0 saturated carbocycles. The van der Waals surface area contributed by atoms with Crippen LogP contribution in [0.25, 0.3) is 0 Å². The minimum absolute atomic E-state index is 0.0863. The Morgan fingerprint density at radius 2 is 2.00 bits per heavy atom. The van der Waals surface area contributed by atoms with Crippen molar-refractivity contribution in [3.05, 3.63) is 17.6 Å². The molecule has 0 aliphatic carbocycles. The van der Waals surface area contributed by atoms with Gasteiger partial charge >= 0.3 is 0 Å². The molecule has 1 amide bonds. The average molecular weight is 290 g/mol. The highest BCUT2D eigenvalue weighted by Gasteiger charge is 2.35. The first kappa shape index (κ1) is 14.3. The van der Waals surface area contributed by atoms with Gasteiger partial charge in [-0.05, 0) is 26.7 Å². The predicted octanol–water partition coefficient (Wildman–Crippen LogP) is 0.921. The van der Waals surface area contributed by atoms with Crippen molar-refractivity contribution in [2.45, 2.75) is 32.7 Å². The molecule has 2 aliphatic heterocycles. The highest BCUT2D eigenvalue weighted by molar-refractivity contribution is 5.85. The number of carbonyl (C=O) groups is 1. The van der Waals surface area contributed by atoms with E-state index in [1.807, 2.05) is 24.8 Å². The summed E-state index contributed by atoms with van der Waals surface area (Å²) in [5, 5.41) is 0. The van der Waals surface area contributed by atoms with Crippen molar-refractivity contribution in [1.82, 2.24) is 14.9 Å². The Morgan fingerprint density at radius 1 is 1.24 bits per heavy atom. The molecule has 2 saturated heterocycles. The fourth-order valence-corrected chi connectivity index (χ4v) is 3.14. The van der Waals surface area contributed by atoms with Gasteiger partial charge in [0.15, 0.2) is 0 Å². The highest BCUT2D eigenvalue weighted by Crippen LogP contribution is 2.26. The van der Waals surface area contributed by atoms with Crippen LogP contribution in [0, 0.1) is 13.8 Å². The third-order valence-electron chi connectivity index (χ3n) is 4.11. The average Bonchev–Trinajstić information content (AvgIpc) is 2.96. The van der Waals surface area contributed by atoms with Crippen molar-refractivity contribution in [2.24, 2.45) is 0 Å². The standard InChI is InChI=1S/C15H22N4O2/c1-11-10-14(17-12(2)16-11)19-5-3-4-13(19)15(20)18-6-8-21-9-7-18/h10,13H,3-9H2,1-2H3. The van der Waals surface area contributed by atoms with Gasteiger partial charge in [-0.2, -0.15) is 0 Å². The summed E-state index contributed by atoms with van der Waals surface area (Å²) >= 11 is 0. The van der Waals surface area contributed by atoms with Gasteiger partial charge < -0.3 is 14.5 Å². The minimum Gasteiger partial charge on any atom is -0.378 e. The van der Waals surface area contributed by atoms with Crippen LogP contribution in [0.4, 0.5) is 5.82 Å². The SMILES string of the molecule is Cc1cc(N2CCCC2C(=O)N2CCOCC2)nc(C)n1. The van der Waals surface area contributed by atoms with E-state index < -0.39 is 0 Å². The number of hydrogen-bond donors (Lipinski definition) is 0. The largest absolute Gasteiger partial charge is 0.378 e. The van der Waals surface area contributed by atoms with E-state index in [2.05, 4.69) is 14.9 Å². The molecule has 6 nitrogen and oxygen atoms in total. The summed E-state index contributed by atoms with van der Waals surface area (Å²) in [6.07, 6.45) is 1.93. The van der Waals surface area contributed by atoms with Gasteiger partial charge in [0.25, 0.3) is 0 Å². The second kappa shape index (κ2) is 5.97. The van der Waals surface area contributed by atoms with Crippen LogP contribution in [0.3, 0.4) is 0 Å². The Labute approximate surface area is 125 Å². The Hall–Kier alpha value is -1.69. The van der Waals surface area contributed by atoms with Crippen LogP contribution in [-0.2, 0) is 9.53 Å². The molecule has 1 aromatic rings. The first-order valence-corrected chi connectivity index (χ1v) is 7.60. The number of ether oxygens (including phenoxy) is 1. The van der Waals surface area contributed by atoms with Crippen molar-refractivity contribution in [3.63, 3.8) is 0 Å². The minimum atomic E-state index is -0.0863. The highest BCUT2D eigenvalue weighted by atomic mass is 16.5. The maximum atomic E-state index is 12.7. The van der Waals surface area contributed by atoms with E-state index in [-0.39, 0.29) is 11.9 Å². The molecular weight excluding hydrogens is 268 g/mol. The smallest absolute Gasteiger partial charge is 0.245 e. The number of rotatable bonds is 2. The quantitative estimate of drug-likeness (QED) is 0.810. The van der Waals surface area contributed by atoms with E-state index in [1.165, 1.54) is 0 Å². The van der Waals surface area contributed by atoms with Crippen LogP contribution in [0.5, 0.6) is 0 Å². The first-order valence-electron chi connectivity index (χ1n) is 7.60. The van der Waals surface area contributed by atoms with Gasteiger partial charge in [-0.3, -0.25) is 4.79 Å².